The van der Waals surface area contributed by atoms with E-state index in [2.05, 4.69) is 10.1 Å². The molecular formula is C12H12N2O. The van der Waals surface area contributed by atoms with E-state index >= 15 is 0 Å². The average Bonchev–Trinajstić information content (AvgIpc) is 2.97. The summed E-state index contributed by atoms with van der Waals surface area (Å²) in [5, 5.41) is 4.07. The number of aryl methyl sites for hydroxylation is 1. The van der Waals surface area contributed by atoms with Crippen LogP contribution in [0.2, 0.25) is 0 Å². The van der Waals surface area contributed by atoms with Gasteiger partial charge in [0.2, 0.25) is 0 Å². The van der Waals surface area contributed by atoms with Crippen molar-refractivity contribution in [2.75, 3.05) is 0 Å². The monoisotopic (exact) mass is 200 g/mol. The molecule has 0 aliphatic heterocycles. The summed E-state index contributed by atoms with van der Waals surface area (Å²) < 4.78 is 5.29. The van der Waals surface area contributed by atoms with Crippen LogP contribution < -0.4 is 0 Å². The maximum Gasteiger partial charge on any atom is 0.185 e. The van der Waals surface area contributed by atoms with Crippen LogP contribution in [0, 0.1) is 6.92 Å². The number of hydrogen-bond donors (Lipinski definition) is 0. The van der Waals surface area contributed by atoms with Gasteiger partial charge in [-0.3, -0.25) is 0 Å². The van der Waals surface area contributed by atoms with Crippen LogP contribution in [-0.2, 0) is 0 Å². The minimum atomic E-state index is 0.632. The summed E-state index contributed by atoms with van der Waals surface area (Å²) in [4.78, 5) is 4.40. The van der Waals surface area contributed by atoms with Crippen LogP contribution >= 0.6 is 0 Å². The molecule has 15 heavy (non-hydrogen) atoms. The Hall–Kier alpha value is -1.64. The van der Waals surface area contributed by atoms with Gasteiger partial charge in [0.1, 0.15) is 5.69 Å². The van der Waals surface area contributed by atoms with Crippen molar-refractivity contribution < 1.29 is 4.52 Å². The summed E-state index contributed by atoms with van der Waals surface area (Å²) >= 11 is 0. The van der Waals surface area contributed by atoms with Crippen LogP contribution in [0.15, 0.2) is 28.8 Å². The Kier molecular flexibility index (Phi) is 1.84. The molecule has 0 bridgehead atoms. The van der Waals surface area contributed by atoms with Gasteiger partial charge >= 0.3 is 0 Å². The molecule has 3 heteroatoms. The van der Waals surface area contributed by atoms with E-state index in [1.165, 1.54) is 12.8 Å². The summed E-state index contributed by atoms with van der Waals surface area (Å²) in [6.07, 6.45) is 2.49. The lowest BCUT2D eigenvalue weighted by atomic mass is 10.2. The van der Waals surface area contributed by atoms with E-state index in [1.807, 2.05) is 31.2 Å². The van der Waals surface area contributed by atoms with E-state index in [4.69, 9.17) is 4.52 Å². The van der Waals surface area contributed by atoms with Gasteiger partial charge < -0.3 is 4.52 Å². The predicted octanol–water partition coefficient (Wildman–Crippen LogP) is 2.92. The third kappa shape index (κ3) is 1.65. The van der Waals surface area contributed by atoms with Crippen molar-refractivity contribution in [2.24, 2.45) is 0 Å². The maximum absolute atomic E-state index is 5.29. The number of hydrogen-bond acceptors (Lipinski definition) is 3. The van der Waals surface area contributed by atoms with Crippen LogP contribution in [0.1, 0.15) is 30.1 Å². The lowest BCUT2D eigenvalue weighted by Crippen LogP contribution is -1.83. The van der Waals surface area contributed by atoms with Crippen molar-refractivity contribution in [3.63, 3.8) is 0 Å². The third-order valence-electron chi connectivity index (χ3n) is 2.66. The second-order valence-corrected chi connectivity index (χ2v) is 4.05. The zero-order valence-corrected chi connectivity index (χ0v) is 8.60. The Bertz CT molecular complexity index is 486. The van der Waals surface area contributed by atoms with Crippen LogP contribution in [0.5, 0.6) is 0 Å². The molecule has 0 unspecified atom stereocenters. The number of nitrogens with zero attached hydrogens (tertiary/aromatic N) is 2. The molecule has 0 spiro atoms. The van der Waals surface area contributed by atoms with Crippen LogP contribution in [0.25, 0.3) is 11.5 Å². The molecule has 0 atom stereocenters. The molecule has 1 aliphatic rings. The van der Waals surface area contributed by atoms with Crippen molar-refractivity contribution in [2.45, 2.75) is 25.7 Å². The van der Waals surface area contributed by atoms with Crippen molar-refractivity contribution >= 4 is 0 Å². The second kappa shape index (κ2) is 3.19. The molecule has 1 aliphatic carbocycles. The summed E-state index contributed by atoms with van der Waals surface area (Å²) in [7, 11) is 0. The van der Waals surface area contributed by atoms with Gasteiger partial charge in [-0.05, 0) is 31.9 Å². The van der Waals surface area contributed by atoms with Crippen LogP contribution in [-0.4, -0.2) is 10.1 Å². The fourth-order valence-electron chi connectivity index (χ4n) is 1.66. The fourth-order valence-corrected chi connectivity index (χ4v) is 1.66. The van der Waals surface area contributed by atoms with E-state index in [1.54, 1.807) is 0 Å². The highest BCUT2D eigenvalue weighted by atomic mass is 16.5. The van der Waals surface area contributed by atoms with Gasteiger partial charge in [-0.15, -0.1) is 0 Å². The SMILES string of the molecule is Cc1cccc(-c2cc(C3CC3)no2)n1. The summed E-state index contributed by atoms with van der Waals surface area (Å²) in [6, 6.07) is 7.92. The highest BCUT2D eigenvalue weighted by Gasteiger charge is 2.27. The van der Waals surface area contributed by atoms with E-state index in [-0.39, 0.29) is 0 Å². The van der Waals surface area contributed by atoms with Gasteiger partial charge in [0.05, 0.1) is 5.69 Å². The summed E-state index contributed by atoms with van der Waals surface area (Å²) in [5.74, 6) is 1.41. The Morgan fingerprint density at radius 2 is 2.20 bits per heavy atom. The smallest absolute Gasteiger partial charge is 0.185 e. The van der Waals surface area contributed by atoms with E-state index in [0.29, 0.717) is 5.92 Å². The molecule has 0 radical (unpaired) electrons. The summed E-state index contributed by atoms with van der Waals surface area (Å²) in [5.41, 5.74) is 2.94. The number of pyridine rings is 1. The fraction of sp³-hybridized carbons (Fsp3) is 0.333. The van der Waals surface area contributed by atoms with Gasteiger partial charge in [0.15, 0.2) is 5.76 Å². The average molecular weight is 200 g/mol. The highest BCUT2D eigenvalue weighted by Crippen LogP contribution is 2.40. The minimum Gasteiger partial charge on any atom is -0.354 e. The molecule has 0 aromatic carbocycles. The van der Waals surface area contributed by atoms with Crippen LogP contribution in [0.4, 0.5) is 0 Å². The quantitative estimate of drug-likeness (QED) is 0.748. The van der Waals surface area contributed by atoms with Gasteiger partial charge in [-0.25, -0.2) is 4.98 Å². The van der Waals surface area contributed by atoms with Gasteiger partial charge in [-0.1, -0.05) is 11.2 Å². The molecule has 76 valence electrons. The zero-order valence-electron chi connectivity index (χ0n) is 8.60. The largest absolute Gasteiger partial charge is 0.354 e. The standard InChI is InChI=1S/C12H12N2O/c1-8-3-2-4-10(13-8)12-7-11(14-15-12)9-5-6-9/h2-4,7,9H,5-6H2,1H3. The van der Waals surface area contributed by atoms with E-state index in [0.717, 1.165) is 22.8 Å². The lowest BCUT2D eigenvalue weighted by molar-refractivity contribution is 0.422. The molecule has 1 saturated carbocycles. The Morgan fingerprint density at radius 3 is 2.93 bits per heavy atom. The first-order chi connectivity index (χ1) is 7.33. The molecule has 3 rings (SSSR count). The lowest BCUT2D eigenvalue weighted by Gasteiger charge is -1.95. The molecule has 0 saturated heterocycles. The van der Waals surface area contributed by atoms with E-state index in [9.17, 15) is 0 Å². The van der Waals surface area contributed by atoms with Crippen LogP contribution in [0.3, 0.4) is 0 Å². The molecule has 2 aromatic rings. The molecule has 2 heterocycles. The van der Waals surface area contributed by atoms with Crippen molar-refractivity contribution in [1.29, 1.82) is 0 Å². The van der Waals surface area contributed by atoms with Gasteiger partial charge in [0, 0.05) is 17.7 Å². The maximum atomic E-state index is 5.29. The minimum absolute atomic E-state index is 0.632. The van der Waals surface area contributed by atoms with Crippen molar-refractivity contribution in [3.05, 3.63) is 35.7 Å². The van der Waals surface area contributed by atoms with E-state index < -0.39 is 0 Å². The molecule has 2 aromatic heterocycles. The Balaban J connectivity index is 1.97. The normalized spacial score (nSPS) is 15.5. The molecule has 0 N–H and O–H groups in total. The van der Waals surface area contributed by atoms with Gasteiger partial charge in [0.25, 0.3) is 0 Å². The first kappa shape index (κ1) is 8.65. The molecule has 1 fully saturated rings. The summed E-state index contributed by atoms with van der Waals surface area (Å²) in [6.45, 7) is 1.97. The Labute approximate surface area is 88.1 Å². The Morgan fingerprint density at radius 1 is 1.33 bits per heavy atom. The molecule has 3 nitrogen and oxygen atoms in total. The first-order valence-electron chi connectivity index (χ1n) is 5.23. The molecular weight excluding hydrogens is 188 g/mol. The van der Waals surface area contributed by atoms with Gasteiger partial charge in [-0.2, -0.15) is 0 Å². The number of aromatic nitrogens is 2. The first-order valence-corrected chi connectivity index (χ1v) is 5.23. The zero-order chi connectivity index (χ0) is 10.3. The third-order valence-corrected chi connectivity index (χ3v) is 2.66. The topological polar surface area (TPSA) is 38.9 Å². The number of rotatable bonds is 2. The van der Waals surface area contributed by atoms with Crippen molar-refractivity contribution in [1.82, 2.24) is 10.1 Å². The predicted molar refractivity (Wildman–Crippen MR) is 56.4 cm³/mol. The van der Waals surface area contributed by atoms with Crippen molar-refractivity contribution in [3.8, 4) is 11.5 Å². The highest BCUT2D eigenvalue weighted by molar-refractivity contribution is 5.52. The molecule has 0 amide bonds. The second-order valence-electron chi connectivity index (χ2n) is 4.05.